The van der Waals surface area contributed by atoms with Gasteiger partial charge in [0, 0.05) is 12.5 Å². The quantitative estimate of drug-likeness (QED) is 0.678. The smallest absolute Gasteiger partial charge is 0.245 e. The van der Waals surface area contributed by atoms with E-state index in [1.807, 2.05) is 55.5 Å². The summed E-state index contributed by atoms with van der Waals surface area (Å²) in [6, 6.07) is 19.8. The SMILES string of the molecule is C[C@@H](CCc1ccccc1)NC(=O)[C@H](Cc1ccccc1)n1cnnn1. The van der Waals surface area contributed by atoms with E-state index in [4.69, 9.17) is 0 Å². The van der Waals surface area contributed by atoms with Crippen LogP contribution >= 0.6 is 0 Å². The second kappa shape index (κ2) is 8.89. The first kappa shape index (κ1) is 17.8. The molecule has 2 atom stereocenters. The highest BCUT2D eigenvalue weighted by Gasteiger charge is 2.23. The number of nitrogens with one attached hydrogen (secondary N) is 1. The zero-order valence-electron chi connectivity index (χ0n) is 14.8. The number of carbonyl (C=O) groups is 1. The van der Waals surface area contributed by atoms with Crippen LogP contribution in [0.5, 0.6) is 0 Å². The molecule has 3 rings (SSSR count). The van der Waals surface area contributed by atoms with Crippen LogP contribution < -0.4 is 5.32 Å². The molecule has 1 heterocycles. The van der Waals surface area contributed by atoms with Crippen LogP contribution in [0.25, 0.3) is 0 Å². The van der Waals surface area contributed by atoms with Gasteiger partial charge in [0.05, 0.1) is 0 Å². The van der Waals surface area contributed by atoms with Crippen molar-refractivity contribution < 1.29 is 4.79 Å². The lowest BCUT2D eigenvalue weighted by molar-refractivity contribution is -0.125. The summed E-state index contributed by atoms with van der Waals surface area (Å²) >= 11 is 0. The van der Waals surface area contributed by atoms with Gasteiger partial charge in [0.15, 0.2) is 0 Å². The first-order valence-corrected chi connectivity index (χ1v) is 8.83. The molecule has 0 saturated carbocycles. The standard InChI is InChI=1S/C20H23N5O/c1-16(12-13-17-8-4-2-5-9-17)22-20(26)19(25-15-21-23-24-25)14-18-10-6-3-7-11-18/h2-11,15-16,19H,12-14H2,1H3,(H,22,26)/t16-,19-/m0/s1. The van der Waals surface area contributed by atoms with Crippen molar-refractivity contribution in [3.8, 4) is 0 Å². The summed E-state index contributed by atoms with van der Waals surface area (Å²) in [7, 11) is 0. The Balaban J connectivity index is 1.61. The lowest BCUT2D eigenvalue weighted by Gasteiger charge is -2.20. The summed E-state index contributed by atoms with van der Waals surface area (Å²) in [4.78, 5) is 12.8. The van der Waals surface area contributed by atoms with Crippen molar-refractivity contribution in [3.05, 3.63) is 78.1 Å². The average molecular weight is 349 g/mol. The number of tetrazole rings is 1. The van der Waals surface area contributed by atoms with Gasteiger partial charge >= 0.3 is 0 Å². The molecule has 0 aliphatic carbocycles. The van der Waals surface area contributed by atoms with Crippen LogP contribution in [0, 0.1) is 0 Å². The van der Waals surface area contributed by atoms with Gasteiger partial charge in [-0.3, -0.25) is 4.79 Å². The molecular weight excluding hydrogens is 326 g/mol. The molecule has 0 bridgehead atoms. The number of carbonyl (C=O) groups excluding carboxylic acids is 1. The molecule has 0 spiro atoms. The molecule has 1 aromatic heterocycles. The minimum Gasteiger partial charge on any atom is -0.352 e. The molecule has 134 valence electrons. The van der Waals surface area contributed by atoms with Gasteiger partial charge in [-0.15, -0.1) is 5.10 Å². The van der Waals surface area contributed by atoms with Crippen molar-refractivity contribution >= 4 is 5.91 Å². The molecule has 0 aliphatic rings. The van der Waals surface area contributed by atoms with Gasteiger partial charge < -0.3 is 5.32 Å². The fourth-order valence-corrected chi connectivity index (χ4v) is 2.89. The molecule has 1 N–H and O–H groups in total. The third kappa shape index (κ3) is 4.99. The largest absolute Gasteiger partial charge is 0.352 e. The summed E-state index contributed by atoms with van der Waals surface area (Å²) < 4.78 is 1.52. The third-order valence-electron chi connectivity index (χ3n) is 4.36. The number of nitrogens with zero attached hydrogens (tertiary/aromatic N) is 4. The van der Waals surface area contributed by atoms with Crippen LogP contribution in [0.1, 0.15) is 30.5 Å². The topological polar surface area (TPSA) is 72.7 Å². The summed E-state index contributed by atoms with van der Waals surface area (Å²) in [5, 5.41) is 14.4. The molecule has 1 amide bonds. The van der Waals surface area contributed by atoms with Gasteiger partial charge in [-0.25, -0.2) is 4.68 Å². The zero-order chi connectivity index (χ0) is 18.2. The second-order valence-electron chi connectivity index (χ2n) is 6.43. The minimum atomic E-state index is -0.466. The average Bonchev–Trinajstić information content (AvgIpc) is 3.20. The van der Waals surface area contributed by atoms with E-state index in [1.54, 1.807) is 0 Å². The summed E-state index contributed by atoms with van der Waals surface area (Å²) in [5.41, 5.74) is 2.34. The molecule has 6 heteroatoms. The maximum atomic E-state index is 12.8. The predicted octanol–water partition coefficient (Wildman–Crippen LogP) is 2.59. The molecule has 0 aliphatic heterocycles. The number of hydrogen-bond donors (Lipinski definition) is 1. The fraction of sp³-hybridized carbons (Fsp3) is 0.300. The van der Waals surface area contributed by atoms with E-state index in [9.17, 15) is 4.79 Å². The number of amides is 1. The van der Waals surface area contributed by atoms with Crippen molar-refractivity contribution in [3.63, 3.8) is 0 Å². The van der Waals surface area contributed by atoms with Gasteiger partial charge in [-0.2, -0.15) is 0 Å². The number of aromatic nitrogens is 4. The van der Waals surface area contributed by atoms with Gasteiger partial charge in [0.1, 0.15) is 12.4 Å². The Bertz CT molecular complexity index is 790. The molecule has 6 nitrogen and oxygen atoms in total. The van der Waals surface area contributed by atoms with Gasteiger partial charge in [0.2, 0.25) is 5.91 Å². The number of benzene rings is 2. The van der Waals surface area contributed by atoms with Gasteiger partial charge in [-0.1, -0.05) is 60.7 Å². The Morgan fingerprint density at radius 1 is 1.04 bits per heavy atom. The van der Waals surface area contributed by atoms with E-state index in [-0.39, 0.29) is 11.9 Å². The molecule has 3 aromatic rings. The molecule has 0 saturated heterocycles. The Labute approximate surface area is 153 Å². The normalized spacial score (nSPS) is 13.1. The molecule has 0 radical (unpaired) electrons. The maximum Gasteiger partial charge on any atom is 0.245 e. The van der Waals surface area contributed by atoms with Crippen molar-refractivity contribution in [1.82, 2.24) is 25.5 Å². The van der Waals surface area contributed by atoms with Crippen LogP contribution in [0.2, 0.25) is 0 Å². The number of rotatable bonds is 8. The number of aryl methyl sites for hydroxylation is 1. The Kier molecular flexibility index (Phi) is 6.09. The zero-order valence-corrected chi connectivity index (χ0v) is 14.8. The van der Waals surface area contributed by atoms with Gasteiger partial charge in [0.25, 0.3) is 0 Å². The highest BCUT2D eigenvalue weighted by atomic mass is 16.2. The Morgan fingerprint density at radius 3 is 2.31 bits per heavy atom. The second-order valence-corrected chi connectivity index (χ2v) is 6.43. The molecule has 0 fully saturated rings. The summed E-state index contributed by atoms with van der Waals surface area (Å²) in [5.74, 6) is -0.0679. The molecule has 0 unspecified atom stereocenters. The third-order valence-corrected chi connectivity index (χ3v) is 4.36. The van der Waals surface area contributed by atoms with Crippen molar-refractivity contribution in [1.29, 1.82) is 0 Å². The van der Waals surface area contributed by atoms with E-state index in [0.29, 0.717) is 6.42 Å². The van der Waals surface area contributed by atoms with Crippen LogP contribution in [0.15, 0.2) is 67.0 Å². The van der Waals surface area contributed by atoms with E-state index in [2.05, 4.69) is 33.0 Å². The first-order chi connectivity index (χ1) is 12.7. The van der Waals surface area contributed by atoms with Crippen LogP contribution in [0.4, 0.5) is 0 Å². The van der Waals surface area contributed by atoms with E-state index in [1.165, 1.54) is 16.6 Å². The molecular formula is C20H23N5O. The minimum absolute atomic E-state index is 0.0671. The van der Waals surface area contributed by atoms with Crippen LogP contribution in [-0.4, -0.2) is 32.2 Å². The van der Waals surface area contributed by atoms with Crippen molar-refractivity contribution in [2.75, 3.05) is 0 Å². The highest BCUT2D eigenvalue weighted by Crippen LogP contribution is 2.14. The number of hydrogen-bond acceptors (Lipinski definition) is 4. The first-order valence-electron chi connectivity index (χ1n) is 8.83. The predicted molar refractivity (Wildman–Crippen MR) is 99.4 cm³/mol. The summed E-state index contributed by atoms with van der Waals surface area (Å²) in [6.45, 7) is 2.03. The lowest BCUT2D eigenvalue weighted by Crippen LogP contribution is -2.39. The van der Waals surface area contributed by atoms with Crippen molar-refractivity contribution in [2.24, 2.45) is 0 Å². The lowest BCUT2D eigenvalue weighted by atomic mass is 10.0. The van der Waals surface area contributed by atoms with E-state index >= 15 is 0 Å². The van der Waals surface area contributed by atoms with Crippen molar-refractivity contribution in [2.45, 2.75) is 38.3 Å². The highest BCUT2D eigenvalue weighted by molar-refractivity contribution is 5.80. The Morgan fingerprint density at radius 2 is 1.69 bits per heavy atom. The van der Waals surface area contributed by atoms with E-state index in [0.717, 1.165) is 18.4 Å². The van der Waals surface area contributed by atoms with Crippen LogP contribution in [-0.2, 0) is 17.6 Å². The van der Waals surface area contributed by atoms with Gasteiger partial charge in [-0.05, 0) is 41.3 Å². The fourth-order valence-electron chi connectivity index (χ4n) is 2.89. The van der Waals surface area contributed by atoms with Crippen LogP contribution in [0.3, 0.4) is 0 Å². The summed E-state index contributed by atoms with van der Waals surface area (Å²) in [6.07, 6.45) is 3.84. The maximum absolute atomic E-state index is 12.8. The molecule has 26 heavy (non-hydrogen) atoms. The molecule has 2 aromatic carbocycles. The van der Waals surface area contributed by atoms with E-state index < -0.39 is 6.04 Å². The monoisotopic (exact) mass is 349 g/mol. The Hall–Kier alpha value is -3.02.